The van der Waals surface area contributed by atoms with E-state index in [9.17, 15) is 14.3 Å². The molecule has 4 N–H and O–H groups in total. The number of pyridine rings is 2. The maximum atomic E-state index is 15.1. The third-order valence-corrected chi connectivity index (χ3v) is 7.31. The molecule has 212 valence electrons. The van der Waals surface area contributed by atoms with Crippen LogP contribution in [0.25, 0.3) is 11.3 Å². The van der Waals surface area contributed by atoms with E-state index < -0.39 is 40.4 Å². The number of nitrogens with zero attached hydrogens (tertiary/aromatic N) is 3. The van der Waals surface area contributed by atoms with Gasteiger partial charge in [-0.1, -0.05) is 6.92 Å². The fourth-order valence-corrected chi connectivity index (χ4v) is 5.42. The van der Waals surface area contributed by atoms with E-state index in [0.717, 1.165) is 30.3 Å². The number of aromatic nitrogens is 2. The van der Waals surface area contributed by atoms with Crippen molar-refractivity contribution in [1.29, 1.82) is 0 Å². The number of carbonyl (C=O) groups is 1. The lowest BCUT2D eigenvalue weighted by atomic mass is 9.91. The number of hydrogen-bond acceptors (Lipinski definition) is 7. The summed E-state index contributed by atoms with van der Waals surface area (Å²) in [6.07, 6.45) is 3.10. The van der Waals surface area contributed by atoms with Crippen molar-refractivity contribution in [3.8, 4) is 11.3 Å². The van der Waals surface area contributed by atoms with Crippen molar-refractivity contribution in [2.45, 2.75) is 38.0 Å². The molecule has 2 aliphatic rings. The largest absolute Gasteiger partial charge is 0.465 e. The summed E-state index contributed by atoms with van der Waals surface area (Å²) in [5.41, 5.74) is -0.792. The van der Waals surface area contributed by atoms with Crippen molar-refractivity contribution in [3.05, 3.63) is 71.4 Å². The Morgan fingerprint density at radius 2 is 1.95 bits per heavy atom. The van der Waals surface area contributed by atoms with Crippen LogP contribution in [0.15, 0.2) is 42.7 Å². The van der Waals surface area contributed by atoms with Crippen molar-refractivity contribution in [3.63, 3.8) is 0 Å². The van der Waals surface area contributed by atoms with E-state index in [-0.39, 0.29) is 43.7 Å². The molecule has 3 aromatic rings. The average Bonchev–Trinajstić information content (AvgIpc) is 3.35. The molecule has 3 atom stereocenters. The summed E-state index contributed by atoms with van der Waals surface area (Å²) in [7, 11) is 0. The summed E-state index contributed by atoms with van der Waals surface area (Å²) < 4.78 is 50.2. The molecule has 0 spiro atoms. The predicted molar refractivity (Wildman–Crippen MR) is 141 cm³/mol. The molecule has 9 nitrogen and oxygen atoms in total. The average molecular weight is 558 g/mol. The van der Waals surface area contributed by atoms with Crippen LogP contribution < -0.4 is 15.5 Å². The summed E-state index contributed by atoms with van der Waals surface area (Å²) in [5.74, 6) is -2.72. The van der Waals surface area contributed by atoms with Crippen LogP contribution in [-0.2, 0) is 16.9 Å². The number of rotatable bonds is 7. The third kappa shape index (κ3) is 5.82. The predicted octanol–water partition coefficient (Wildman–Crippen LogP) is 4.26. The Kier molecular flexibility index (Phi) is 7.81. The summed E-state index contributed by atoms with van der Waals surface area (Å²) in [6.45, 7) is 3.53. The Morgan fingerprint density at radius 3 is 2.65 bits per heavy atom. The molecule has 0 bridgehead atoms. The number of nitrogens with one attached hydrogen (secondary N) is 2. The zero-order valence-corrected chi connectivity index (χ0v) is 21.8. The van der Waals surface area contributed by atoms with Crippen LogP contribution in [0.4, 0.5) is 29.3 Å². The molecule has 12 heteroatoms. The zero-order valence-electron chi connectivity index (χ0n) is 21.8. The van der Waals surface area contributed by atoms with E-state index in [1.54, 1.807) is 12.4 Å². The van der Waals surface area contributed by atoms with Gasteiger partial charge in [-0.3, -0.25) is 4.98 Å². The van der Waals surface area contributed by atoms with Gasteiger partial charge in [0.15, 0.2) is 0 Å². The summed E-state index contributed by atoms with van der Waals surface area (Å²) >= 11 is 0. The zero-order chi connectivity index (χ0) is 28.4. The van der Waals surface area contributed by atoms with E-state index in [2.05, 4.69) is 25.5 Å². The summed E-state index contributed by atoms with van der Waals surface area (Å²) in [5, 5.41) is 25.6. The van der Waals surface area contributed by atoms with Crippen LogP contribution in [0.2, 0.25) is 0 Å². The van der Waals surface area contributed by atoms with Crippen LogP contribution in [-0.4, -0.2) is 58.6 Å². The number of hydrogen-bond donors (Lipinski definition) is 4. The van der Waals surface area contributed by atoms with E-state index in [4.69, 9.17) is 9.84 Å². The van der Waals surface area contributed by atoms with Gasteiger partial charge in [0.05, 0.1) is 42.0 Å². The first-order valence-corrected chi connectivity index (χ1v) is 13.0. The topological polar surface area (TPSA) is 120 Å². The lowest BCUT2D eigenvalue weighted by molar-refractivity contribution is 0.0227. The Bertz CT molecular complexity index is 1380. The first-order valence-electron chi connectivity index (χ1n) is 13.0. The van der Waals surface area contributed by atoms with Crippen LogP contribution in [0, 0.1) is 23.4 Å². The van der Waals surface area contributed by atoms with E-state index >= 15 is 8.78 Å². The minimum absolute atomic E-state index is 0.0268. The van der Waals surface area contributed by atoms with Gasteiger partial charge in [-0.25, -0.2) is 22.9 Å². The van der Waals surface area contributed by atoms with Crippen LogP contribution in [0.5, 0.6) is 0 Å². The second-order valence-corrected chi connectivity index (χ2v) is 10.4. The molecule has 0 aliphatic carbocycles. The van der Waals surface area contributed by atoms with Gasteiger partial charge in [0.1, 0.15) is 28.7 Å². The van der Waals surface area contributed by atoms with Crippen molar-refractivity contribution in [2.24, 2.45) is 5.92 Å². The van der Waals surface area contributed by atoms with Crippen molar-refractivity contribution < 1.29 is 32.9 Å². The van der Waals surface area contributed by atoms with Gasteiger partial charge in [-0.15, -0.1) is 0 Å². The number of anilines is 2. The van der Waals surface area contributed by atoms with Gasteiger partial charge in [-0.2, -0.15) is 0 Å². The maximum Gasteiger partial charge on any atom is 0.404 e. The standard InChI is InChI=1S/C28H30F3N5O4/c1-16-8-19(35-27(37)38)14-36(13-16)24-4-6-32-12-23(24)33-11-18-2-3-20(29)26(34-18)25-21(30)9-17(10-22(25)31)28(39)5-7-40-15-28/h2-4,6,9-10,12,16,19,33,35,39H,5,7-8,11,13-15H2,1H3,(H,37,38)/t16-,19+,28?/m1/s1. The van der Waals surface area contributed by atoms with Gasteiger partial charge in [0, 0.05) is 38.4 Å². The molecular formula is C28H30F3N5O4. The second kappa shape index (κ2) is 11.3. The van der Waals surface area contributed by atoms with Gasteiger partial charge in [0.2, 0.25) is 0 Å². The molecular weight excluding hydrogens is 527 g/mol. The smallest absolute Gasteiger partial charge is 0.404 e. The molecule has 4 heterocycles. The van der Waals surface area contributed by atoms with Gasteiger partial charge in [0.25, 0.3) is 0 Å². The van der Waals surface area contributed by atoms with Crippen LogP contribution in [0.1, 0.15) is 31.0 Å². The van der Waals surface area contributed by atoms with Gasteiger partial charge >= 0.3 is 6.09 Å². The van der Waals surface area contributed by atoms with Gasteiger partial charge in [-0.05, 0) is 48.2 Å². The Balaban J connectivity index is 1.37. The summed E-state index contributed by atoms with van der Waals surface area (Å²) in [6, 6.07) is 6.09. The minimum Gasteiger partial charge on any atom is -0.465 e. The Morgan fingerprint density at radius 1 is 1.18 bits per heavy atom. The van der Waals surface area contributed by atoms with E-state index in [0.29, 0.717) is 24.5 Å². The van der Waals surface area contributed by atoms with E-state index in [1.807, 2.05) is 13.0 Å². The molecule has 1 amide bonds. The number of ether oxygens (including phenoxy) is 1. The quantitative estimate of drug-likeness (QED) is 0.340. The molecule has 2 aliphatic heterocycles. The molecule has 2 saturated heterocycles. The molecule has 2 fully saturated rings. The molecule has 0 radical (unpaired) electrons. The third-order valence-electron chi connectivity index (χ3n) is 7.31. The molecule has 5 rings (SSSR count). The highest BCUT2D eigenvalue weighted by atomic mass is 19.1. The number of benzene rings is 1. The highest BCUT2D eigenvalue weighted by Crippen LogP contribution is 2.36. The first-order chi connectivity index (χ1) is 19.1. The molecule has 40 heavy (non-hydrogen) atoms. The minimum atomic E-state index is -1.50. The fraction of sp³-hybridized carbons (Fsp3) is 0.393. The monoisotopic (exact) mass is 557 g/mol. The van der Waals surface area contributed by atoms with Crippen molar-refractivity contribution >= 4 is 17.5 Å². The SMILES string of the molecule is C[C@@H]1C[C@H](NC(=O)O)CN(c2ccncc2NCc2ccc(F)c(-c3c(F)cc(C4(O)CCOC4)cc3F)n2)C1. The summed E-state index contributed by atoms with van der Waals surface area (Å²) in [4.78, 5) is 21.6. The Hall–Kier alpha value is -3.90. The molecule has 2 aromatic heterocycles. The fourth-order valence-electron chi connectivity index (χ4n) is 5.42. The Labute approximate surface area is 229 Å². The van der Waals surface area contributed by atoms with Crippen molar-refractivity contribution in [2.75, 3.05) is 36.5 Å². The normalized spacial score (nSPS) is 22.8. The highest BCUT2D eigenvalue weighted by Gasteiger charge is 2.36. The number of carboxylic acid groups (broad SMARTS) is 1. The number of aliphatic hydroxyl groups is 1. The molecule has 1 unspecified atom stereocenters. The van der Waals surface area contributed by atoms with Crippen LogP contribution >= 0.6 is 0 Å². The number of piperidine rings is 1. The lowest BCUT2D eigenvalue weighted by Gasteiger charge is -2.38. The van der Waals surface area contributed by atoms with Gasteiger partial charge < -0.3 is 30.5 Å². The molecule has 1 aromatic carbocycles. The highest BCUT2D eigenvalue weighted by molar-refractivity contribution is 5.70. The first kappa shape index (κ1) is 27.7. The lowest BCUT2D eigenvalue weighted by Crippen LogP contribution is -2.50. The maximum absolute atomic E-state index is 15.1. The molecule has 0 saturated carbocycles. The second-order valence-electron chi connectivity index (χ2n) is 10.4. The number of amides is 1. The number of halogens is 3. The van der Waals surface area contributed by atoms with E-state index in [1.165, 1.54) is 6.07 Å². The van der Waals surface area contributed by atoms with Crippen molar-refractivity contribution in [1.82, 2.24) is 15.3 Å². The van der Waals surface area contributed by atoms with Crippen LogP contribution in [0.3, 0.4) is 0 Å².